The molecule has 133 valence electrons. The molecule has 0 saturated heterocycles. The molecule has 1 rings (SSSR count). The predicted octanol–water partition coefficient (Wildman–Crippen LogP) is 5.76. The molecule has 0 fully saturated rings. The van der Waals surface area contributed by atoms with E-state index in [4.69, 9.17) is 0 Å². The predicted molar refractivity (Wildman–Crippen MR) is 105 cm³/mol. The minimum atomic E-state index is 0. The van der Waals surface area contributed by atoms with Crippen LogP contribution >= 0.6 is 0 Å². The summed E-state index contributed by atoms with van der Waals surface area (Å²) in [7, 11) is 2.14. The third-order valence-corrected chi connectivity index (χ3v) is 4.74. The zero-order valence-electron chi connectivity index (χ0n) is 15.9. The lowest BCUT2D eigenvalue weighted by molar-refractivity contribution is 0.290. The summed E-state index contributed by atoms with van der Waals surface area (Å²) in [5.74, 6) is 0. The molecule has 0 bridgehead atoms. The van der Waals surface area contributed by atoms with E-state index >= 15 is 0 Å². The minimum Gasteiger partial charge on any atom is -0.362 e. The summed E-state index contributed by atoms with van der Waals surface area (Å²) in [4.78, 5) is 4.66. The van der Waals surface area contributed by atoms with Gasteiger partial charge < -0.3 is 9.80 Å². The van der Waals surface area contributed by atoms with Gasteiger partial charge in [0.1, 0.15) is 0 Å². The first kappa shape index (κ1) is 22.4. The molecule has 3 radical (unpaired) electrons. The Morgan fingerprint density at radius 2 is 1.09 bits per heavy atom. The molecule has 1 aliphatic heterocycles. The third-order valence-electron chi connectivity index (χ3n) is 4.74. The summed E-state index contributed by atoms with van der Waals surface area (Å²) in [6.45, 7) is 4.61. The molecule has 0 aliphatic carbocycles. The lowest BCUT2D eigenvalue weighted by Gasteiger charge is -2.17. The summed E-state index contributed by atoms with van der Waals surface area (Å²) in [5.41, 5.74) is 0. The summed E-state index contributed by atoms with van der Waals surface area (Å²) in [6.07, 6.45) is 24.6. The molecular formula is C20H40BN2. The van der Waals surface area contributed by atoms with E-state index in [0.29, 0.717) is 0 Å². The van der Waals surface area contributed by atoms with Crippen LogP contribution in [0.4, 0.5) is 0 Å². The van der Waals surface area contributed by atoms with Crippen molar-refractivity contribution in [2.45, 2.75) is 96.8 Å². The topological polar surface area (TPSA) is 6.48 Å². The Morgan fingerprint density at radius 3 is 1.48 bits per heavy atom. The summed E-state index contributed by atoms with van der Waals surface area (Å²) < 4.78 is 0. The molecular weight excluding hydrogens is 279 g/mol. The highest BCUT2D eigenvalue weighted by molar-refractivity contribution is 5.75. The number of unbranched alkanes of at least 4 members (excludes halogenated alkanes) is 13. The first-order chi connectivity index (χ1) is 10.8. The van der Waals surface area contributed by atoms with Crippen molar-refractivity contribution < 1.29 is 0 Å². The lowest BCUT2D eigenvalue weighted by atomic mass is 10.0. The van der Waals surface area contributed by atoms with Crippen LogP contribution in [0.15, 0.2) is 12.4 Å². The van der Waals surface area contributed by atoms with Crippen molar-refractivity contribution in [1.29, 1.82) is 0 Å². The number of nitrogens with zero attached hydrogens (tertiary/aromatic N) is 2. The van der Waals surface area contributed by atoms with E-state index in [1.807, 2.05) is 0 Å². The van der Waals surface area contributed by atoms with E-state index in [-0.39, 0.29) is 8.41 Å². The van der Waals surface area contributed by atoms with Gasteiger partial charge in [0.25, 0.3) is 0 Å². The Hall–Kier alpha value is -0.595. The van der Waals surface area contributed by atoms with E-state index in [1.165, 1.54) is 96.4 Å². The zero-order chi connectivity index (χ0) is 15.9. The molecule has 0 atom stereocenters. The van der Waals surface area contributed by atoms with Crippen molar-refractivity contribution in [2.75, 3.05) is 20.3 Å². The fourth-order valence-electron chi connectivity index (χ4n) is 3.24. The Bertz CT molecular complexity index is 268. The van der Waals surface area contributed by atoms with E-state index in [2.05, 4.69) is 36.2 Å². The first-order valence-electron chi connectivity index (χ1n) is 9.95. The number of rotatable bonds is 15. The Labute approximate surface area is 148 Å². The van der Waals surface area contributed by atoms with Gasteiger partial charge in [-0.3, -0.25) is 0 Å². The van der Waals surface area contributed by atoms with E-state index in [9.17, 15) is 0 Å². The van der Waals surface area contributed by atoms with Gasteiger partial charge in [0, 0.05) is 34.4 Å². The molecule has 2 nitrogen and oxygen atoms in total. The smallest absolute Gasteiger partial charge is 0.0890 e. The van der Waals surface area contributed by atoms with Gasteiger partial charge in [-0.15, -0.1) is 0 Å². The zero-order valence-corrected chi connectivity index (χ0v) is 15.9. The van der Waals surface area contributed by atoms with Crippen molar-refractivity contribution in [3.8, 4) is 0 Å². The Balaban J connectivity index is 0.00000484. The van der Waals surface area contributed by atoms with E-state index in [1.54, 1.807) is 0 Å². The second-order valence-corrected chi connectivity index (χ2v) is 7.11. The average Bonchev–Trinajstić information content (AvgIpc) is 2.93. The van der Waals surface area contributed by atoms with Gasteiger partial charge in [-0.25, -0.2) is 0 Å². The van der Waals surface area contributed by atoms with Gasteiger partial charge in [0.2, 0.25) is 0 Å². The third kappa shape index (κ3) is 13.5. The van der Waals surface area contributed by atoms with Crippen LogP contribution in [0.1, 0.15) is 96.8 Å². The molecule has 0 spiro atoms. The monoisotopic (exact) mass is 319 g/mol. The Morgan fingerprint density at radius 1 is 0.652 bits per heavy atom. The normalized spacial score (nSPS) is 13.7. The molecule has 0 unspecified atom stereocenters. The summed E-state index contributed by atoms with van der Waals surface area (Å²) in [5, 5.41) is 0. The first-order valence-corrected chi connectivity index (χ1v) is 9.95. The van der Waals surface area contributed by atoms with Crippen molar-refractivity contribution in [3.05, 3.63) is 12.4 Å². The maximum atomic E-state index is 2.42. The van der Waals surface area contributed by atoms with Crippen molar-refractivity contribution >= 4 is 8.41 Å². The largest absolute Gasteiger partial charge is 0.362 e. The standard InChI is InChI=1S/C20H40N2.B/c1-3-4-5-6-7-8-9-10-11-12-13-14-15-16-17-22-19-18-21(2)20-22;/h18-19H,3-17,20H2,1-2H3;. The minimum absolute atomic E-state index is 0. The molecule has 23 heavy (non-hydrogen) atoms. The highest BCUT2D eigenvalue weighted by Gasteiger charge is 2.06. The van der Waals surface area contributed by atoms with Gasteiger partial charge in [0.15, 0.2) is 0 Å². The van der Waals surface area contributed by atoms with Crippen molar-refractivity contribution in [1.82, 2.24) is 9.80 Å². The molecule has 3 heteroatoms. The van der Waals surface area contributed by atoms with E-state index in [0.717, 1.165) is 6.67 Å². The van der Waals surface area contributed by atoms with Gasteiger partial charge in [0.05, 0.1) is 6.67 Å². The molecule has 0 N–H and O–H groups in total. The average molecular weight is 319 g/mol. The summed E-state index contributed by atoms with van der Waals surface area (Å²) >= 11 is 0. The van der Waals surface area contributed by atoms with Gasteiger partial charge in [-0.1, -0.05) is 90.4 Å². The molecule has 0 amide bonds. The fraction of sp³-hybridized carbons (Fsp3) is 0.900. The van der Waals surface area contributed by atoms with Crippen LogP contribution in [-0.4, -0.2) is 38.5 Å². The summed E-state index contributed by atoms with van der Waals surface area (Å²) in [6, 6.07) is 0. The molecule has 0 aromatic heterocycles. The maximum absolute atomic E-state index is 2.42. The molecule has 1 heterocycles. The second-order valence-electron chi connectivity index (χ2n) is 7.11. The Kier molecular flexibility index (Phi) is 15.8. The van der Waals surface area contributed by atoms with Crippen molar-refractivity contribution in [3.63, 3.8) is 0 Å². The van der Waals surface area contributed by atoms with Crippen LogP contribution in [-0.2, 0) is 0 Å². The van der Waals surface area contributed by atoms with Gasteiger partial charge >= 0.3 is 0 Å². The van der Waals surface area contributed by atoms with Crippen LogP contribution < -0.4 is 0 Å². The maximum Gasteiger partial charge on any atom is 0.0890 e. The lowest BCUT2D eigenvalue weighted by Crippen LogP contribution is -2.23. The van der Waals surface area contributed by atoms with E-state index < -0.39 is 0 Å². The fourth-order valence-corrected chi connectivity index (χ4v) is 3.24. The molecule has 0 saturated carbocycles. The van der Waals surface area contributed by atoms with Crippen LogP contribution in [0, 0.1) is 0 Å². The highest BCUT2D eigenvalue weighted by atomic mass is 15.3. The van der Waals surface area contributed by atoms with Crippen LogP contribution in [0.25, 0.3) is 0 Å². The quantitative estimate of drug-likeness (QED) is 0.279. The van der Waals surface area contributed by atoms with Gasteiger partial charge in [-0.05, 0) is 6.42 Å². The van der Waals surface area contributed by atoms with Crippen molar-refractivity contribution in [2.24, 2.45) is 0 Å². The highest BCUT2D eigenvalue weighted by Crippen LogP contribution is 2.13. The molecule has 0 aromatic rings. The molecule has 1 aliphatic rings. The van der Waals surface area contributed by atoms with Crippen LogP contribution in [0.2, 0.25) is 0 Å². The second kappa shape index (κ2) is 16.3. The van der Waals surface area contributed by atoms with Crippen LogP contribution in [0.5, 0.6) is 0 Å². The van der Waals surface area contributed by atoms with Crippen LogP contribution in [0.3, 0.4) is 0 Å². The SMILES string of the molecule is CCCCCCCCCCCCCCCCN1C=CN(C)C1.[B]. The number of hydrogen-bond donors (Lipinski definition) is 0. The van der Waals surface area contributed by atoms with Gasteiger partial charge in [-0.2, -0.15) is 0 Å². The number of hydrogen-bond acceptors (Lipinski definition) is 2. The molecule has 0 aromatic carbocycles.